The Balaban J connectivity index is 2.04. The number of hydrogen-bond donors (Lipinski definition) is 1. The highest BCUT2D eigenvalue weighted by atomic mass is 32.1. The summed E-state index contributed by atoms with van der Waals surface area (Å²) in [6, 6.07) is 0.586. The summed E-state index contributed by atoms with van der Waals surface area (Å²) in [6.07, 6.45) is 1.87. The summed E-state index contributed by atoms with van der Waals surface area (Å²) >= 11 is 1.72. The molecule has 12 heavy (non-hydrogen) atoms. The van der Waals surface area contributed by atoms with Crippen molar-refractivity contribution in [2.45, 2.75) is 13.0 Å². The van der Waals surface area contributed by atoms with E-state index in [0.29, 0.717) is 6.04 Å². The van der Waals surface area contributed by atoms with Crippen LogP contribution >= 0.6 is 11.3 Å². The van der Waals surface area contributed by atoms with Crippen molar-refractivity contribution in [1.29, 1.82) is 0 Å². The zero-order chi connectivity index (χ0) is 8.39. The van der Waals surface area contributed by atoms with E-state index >= 15 is 0 Å². The van der Waals surface area contributed by atoms with Crippen molar-refractivity contribution in [2.75, 3.05) is 24.5 Å². The number of rotatable bonds is 1. The third-order valence-electron chi connectivity index (χ3n) is 2.06. The fourth-order valence-corrected chi connectivity index (χ4v) is 2.16. The van der Waals surface area contributed by atoms with Gasteiger partial charge in [0.25, 0.3) is 0 Å². The van der Waals surface area contributed by atoms with Crippen molar-refractivity contribution in [3.63, 3.8) is 0 Å². The molecular formula is C8H13N3S. The molecule has 0 aliphatic carbocycles. The standard InChI is InChI=1S/C8H13N3S/c1-7-6-11(4-2-9-7)8-10-3-5-12-8/h3,5,7,9H,2,4,6H2,1H3. The quantitative estimate of drug-likeness (QED) is 0.702. The van der Waals surface area contributed by atoms with Gasteiger partial charge >= 0.3 is 0 Å². The van der Waals surface area contributed by atoms with E-state index in [1.807, 2.05) is 11.6 Å². The molecule has 1 saturated heterocycles. The van der Waals surface area contributed by atoms with Crippen molar-refractivity contribution in [3.8, 4) is 0 Å². The van der Waals surface area contributed by atoms with Gasteiger partial charge < -0.3 is 10.2 Å². The van der Waals surface area contributed by atoms with Gasteiger partial charge in [0.1, 0.15) is 0 Å². The Bertz CT molecular complexity index is 234. The van der Waals surface area contributed by atoms with Gasteiger partial charge in [0.05, 0.1) is 0 Å². The molecule has 1 atom stereocenters. The summed E-state index contributed by atoms with van der Waals surface area (Å²) < 4.78 is 0. The molecular weight excluding hydrogens is 170 g/mol. The van der Waals surface area contributed by atoms with Crippen LogP contribution in [0.4, 0.5) is 5.13 Å². The maximum absolute atomic E-state index is 4.29. The van der Waals surface area contributed by atoms with Crippen LogP contribution in [0.25, 0.3) is 0 Å². The van der Waals surface area contributed by atoms with Crippen molar-refractivity contribution >= 4 is 16.5 Å². The Morgan fingerprint density at radius 2 is 2.67 bits per heavy atom. The van der Waals surface area contributed by atoms with Crippen LogP contribution in [0.3, 0.4) is 0 Å². The molecule has 1 aromatic heterocycles. The minimum absolute atomic E-state index is 0.586. The van der Waals surface area contributed by atoms with E-state index in [-0.39, 0.29) is 0 Å². The van der Waals surface area contributed by atoms with Gasteiger partial charge in [-0.25, -0.2) is 4.98 Å². The highest BCUT2D eigenvalue weighted by molar-refractivity contribution is 7.13. The van der Waals surface area contributed by atoms with E-state index in [1.54, 1.807) is 11.3 Å². The van der Waals surface area contributed by atoms with Gasteiger partial charge in [-0.3, -0.25) is 0 Å². The molecule has 0 spiro atoms. The second-order valence-corrected chi connectivity index (χ2v) is 3.99. The van der Waals surface area contributed by atoms with Crippen LogP contribution in [0.15, 0.2) is 11.6 Å². The van der Waals surface area contributed by atoms with Crippen LogP contribution in [0.5, 0.6) is 0 Å². The summed E-state index contributed by atoms with van der Waals surface area (Å²) in [5.74, 6) is 0. The monoisotopic (exact) mass is 183 g/mol. The van der Waals surface area contributed by atoms with Gasteiger partial charge in [-0.2, -0.15) is 0 Å². The highest BCUT2D eigenvalue weighted by Gasteiger charge is 2.16. The number of hydrogen-bond acceptors (Lipinski definition) is 4. The maximum atomic E-state index is 4.29. The van der Waals surface area contributed by atoms with E-state index in [9.17, 15) is 0 Å². The topological polar surface area (TPSA) is 28.2 Å². The SMILES string of the molecule is CC1CN(c2nccs2)CCN1. The Labute approximate surface area is 76.4 Å². The molecule has 0 saturated carbocycles. The lowest BCUT2D eigenvalue weighted by atomic mass is 10.2. The molecule has 66 valence electrons. The number of aromatic nitrogens is 1. The fourth-order valence-electron chi connectivity index (χ4n) is 1.48. The molecule has 3 nitrogen and oxygen atoms in total. The second kappa shape index (κ2) is 3.41. The molecule has 1 unspecified atom stereocenters. The summed E-state index contributed by atoms with van der Waals surface area (Å²) in [5, 5.41) is 6.59. The minimum Gasteiger partial charge on any atom is -0.345 e. The van der Waals surface area contributed by atoms with Crippen molar-refractivity contribution in [2.24, 2.45) is 0 Å². The largest absolute Gasteiger partial charge is 0.345 e. The third kappa shape index (κ3) is 1.59. The predicted molar refractivity (Wildman–Crippen MR) is 51.8 cm³/mol. The van der Waals surface area contributed by atoms with Crippen molar-refractivity contribution in [1.82, 2.24) is 10.3 Å². The van der Waals surface area contributed by atoms with Gasteiger partial charge in [0.15, 0.2) is 5.13 Å². The van der Waals surface area contributed by atoms with Gasteiger partial charge in [-0.1, -0.05) is 0 Å². The predicted octanol–water partition coefficient (Wildman–Crippen LogP) is 0.941. The Morgan fingerprint density at radius 1 is 1.75 bits per heavy atom. The van der Waals surface area contributed by atoms with Crippen LogP contribution in [0.1, 0.15) is 6.92 Å². The van der Waals surface area contributed by atoms with Gasteiger partial charge in [-0.15, -0.1) is 11.3 Å². The smallest absolute Gasteiger partial charge is 0.185 e. The second-order valence-electron chi connectivity index (χ2n) is 3.12. The van der Waals surface area contributed by atoms with E-state index in [4.69, 9.17) is 0 Å². The highest BCUT2D eigenvalue weighted by Crippen LogP contribution is 2.18. The van der Waals surface area contributed by atoms with Crippen LogP contribution in [-0.4, -0.2) is 30.7 Å². The van der Waals surface area contributed by atoms with Gasteiger partial charge in [0, 0.05) is 37.3 Å². The van der Waals surface area contributed by atoms with Crippen LogP contribution in [-0.2, 0) is 0 Å². The van der Waals surface area contributed by atoms with E-state index in [1.165, 1.54) is 0 Å². The molecule has 0 aromatic carbocycles. The molecule has 0 bridgehead atoms. The third-order valence-corrected chi connectivity index (χ3v) is 2.89. The molecule has 4 heteroatoms. The molecule has 0 amide bonds. The van der Waals surface area contributed by atoms with Crippen LogP contribution in [0, 0.1) is 0 Å². The average Bonchev–Trinajstić information content (AvgIpc) is 2.56. The lowest BCUT2D eigenvalue weighted by Gasteiger charge is -2.31. The molecule has 1 N–H and O–H groups in total. The molecule has 1 fully saturated rings. The van der Waals surface area contributed by atoms with E-state index in [2.05, 4.69) is 22.1 Å². The zero-order valence-electron chi connectivity index (χ0n) is 7.16. The first-order valence-corrected chi connectivity index (χ1v) is 5.12. The minimum atomic E-state index is 0.586. The Kier molecular flexibility index (Phi) is 2.28. The first kappa shape index (κ1) is 8.01. The summed E-state index contributed by atoms with van der Waals surface area (Å²) in [5.41, 5.74) is 0. The number of thiazole rings is 1. The van der Waals surface area contributed by atoms with E-state index < -0.39 is 0 Å². The first-order chi connectivity index (χ1) is 5.86. The molecule has 1 aliphatic rings. The van der Waals surface area contributed by atoms with Crippen molar-refractivity contribution < 1.29 is 0 Å². The summed E-state index contributed by atoms with van der Waals surface area (Å²) in [6.45, 7) is 5.44. The summed E-state index contributed by atoms with van der Waals surface area (Å²) in [4.78, 5) is 6.63. The first-order valence-electron chi connectivity index (χ1n) is 4.24. The number of piperazine rings is 1. The van der Waals surface area contributed by atoms with Gasteiger partial charge in [0.2, 0.25) is 0 Å². The Morgan fingerprint density at radius 3 is 3.33 bits per heavy atom. The fraction of sp³-hybridized carbons (Fsp3) is 0.625. The average molecular weight is 183 g/mol. The maximum Gasteiger partial charge on any atom is 0.185 e. The molecule has 1 aliphatic heterocycles. The Hall–Kier alpha value is -0.610. The zero-order valence-corrected chi connectivity index (χ0v) is 7.97. The van der Waals surface area contributed by atoms with E-state index in [0.717, 1.165) is 24.8 Å². The van der Waals surface area contributed by atoms with Crippen molar-refractivity contribution in [3.05, 3.63) is 11.6 Å². The lowest BCUT2D eigenvalue weighted by molar-refractivity contribution is 0.484. The van der Waals surface area contributed by atoms with Crippen LogP contribution in [0.2, 0.25) is 0 Å². The summed E-state index contributed by atoms with van der Waals surface area (Å²) in [7, 11) is 0. The number of nitrogens with one attached hydrogen (secondary N) is 1. The molecule has 1 aromatic rings. The molecule has 2 heterocycles. The molecule has 0 radical (unpaired) electrons. The number of anilines is 1. The normalized spacial score (nSPS) is 24.4. The number of nitrogens with zero attached hydrogens (tertiary/aromatic N) is 2. The van der Waals surface area contributed by atoms with Gasteiger partial charge in [-0.05, 0) is 6.92 Å². The van der Waals surface area contributed by atoms with Crippen LogP contribution < -0.4 is 10.2 Å². The lowest BCUT2D eigenvalue weighted by Crippen LogP contribution is -2.49. The molecule has 2 rings (SSSR count).